The van der Waals surface area contributed by atoms with Gasteiger partial charge in [-0.1, -0.05) is 0 Å². The third kappa shape index (κ3) is 4.55. The van der Waals surface area contributed by atoms with Crippen molar-refractivity contribution in [1.29, 1.82) is 5.26 Å². The van der Waals surface area contributed by atoms with Crippen molar-refractivity contribution in [2.75, 3.05) is 17.7 Å². The van der Waals surface area contributed by atoms with E-state index in [1.807, 2.05) is 0 Å². The lowest BCUT2D eigenvalue weighted by Gasteiger charge is -2.09. The predicted molar refractivity (Wildman–Crippen MR) is 92.0 cm³/mol. The molecule has 0 fully saturated rings. The van der Waals surface area contributed by atoms with Crippen LogP contribution in [0.2, 0.25) is 0 Å². The number of rotatable bonds is 6. The molecule has 2 rings (SSSR count). The molecule has 2 aromatic rings. The average molecular weight is 356 g/mol. The van der Waals surface area contributed by atoms with Crippen LogP contribution in [0.25, 0.3) is 0 Å². The van der Waals surface area contributed by atoms with Crippen LogP contribution < -0.4 is 15.4 Å². The molecule has 0 aliphatic heterocycles. The number of nitrogens with one attached hydrogen (secondary N) is 2. The smallest absolute Gasteiger partial charge is 0.273 e. The molecule has 1 amide bonds. The maximum Gasteiger partial charge on any atom is 0.273 e. The van der Waals surface area contributed by atoms with E-state index in [1.165, 1.54) is 49.7 Å². The Morgan fingerprint density at radius 1 is 1.31 bits per heavy atom. The standard InChI is InChI=1S/C17H13FN4O4/c1-26-16-8-14(22(24)25)6-7-15(16)21-17(23)11(9-19)10-20-13-4-2-12(18)3-5-13/h2-8,10,20H,1H3,(H,21,23)/b11-10-. The minimum atomic E-state index is -0.741. The van der Waals surface area contributed by atoms with Crippen LogP contribution in [0.15, 0.2) is 54.2 Å². The number of benzene rings is 2. The average Bonchev–Trinajstić information content (AvgIpc) is 2.63. The van der Waals surface area contributed by atoms with Crippen LogP contribution in [0, 0.1) is 27.3 Å². The molecular formula is C17H13FN4O4. The topological polar surface area (TPSA) is 117 Å². The molecule has 2 N–H and O–H groups in total. The lowest BCUT2D eigenvalue weighted by molar-refractivity contribution is -0.384. The van der Waals surface area contributed by atoms with Crippen LogP contribution in [-0.4, -0.2) is 17.9 Å². The Kier molecular flexibility index (Phi) is 5.84. The molecule has 0 unspecified atom stereocenters. The lowest BCUT2D eigenvalue weighted by atomic mass is 10.2. The molecule has 9 heteroatoms. The van der Waals surface area contributed by atoms with E-state index in [1.54, 1.807) is 6.07 Å². The van der Waals surface area contributed by atoms with Gasteiger partial charge in [0, 0.05) is 18.0 Å². The Labute approximate surface area is 147 Å². The maximum atomic E-state index is 12.9. The summed E-state index contributed by atoms with van der Waals surface area (Å²) in [7, 11) is 1.30. The highest BCUT2D eigenvalue weighted by atomic mass is 19.1. The first-order chi connectivity index (χ1) is 12.4. The number of hydrogen-bond donors (Lipinski definition) is 2. The van der Waals surface area contributed by atoms with E-state index in [2.05, 4.69) is 10.6 Å². The second-order valence-electron chi connectivity index (χ2n) is 4.92. The molecule has 0 bridgehead atoms. The van der Waals surface area contributed by atoms with Crippen LogP contribution in [-0.2, 0) is 4.79 Å². The highest BCUT2D eigenvalue weighted by molar-refractivity contribution is 6.07. The quantitative estimate of drug-likeness (QED) is 0.355. The van der Waals surface area contributed by atoms with Crippen LogP contribution in [0.3, 0.4) is 0 Å². The summed E-state index contributed by atoms with van der Waals surface area (Å²) in [5.74, 6) is -1.08. The monoisotopic (exact) mass is 356 g/mol. The van der Waals surface area contributed by atoms with Crippen molar-refractivity contribution in [3.63, 3.8) is 0 Å². The summed E-state index contributed by atoms with van der Waals surface area (Å²) < 4.78 is 17.9. The van der Waals surface area contributed by atoms with E-state index < -0.39 is 16.6 Å². The number of methoxy groups -OCH3 is 1. The molecule has 26 heavy (non-hydrogen) atoms. The van der Waals surface area contributed by atoms with Crippen LogP contribution in [0.5, 0.6) is 5.75 Å². The van der Waals surface area contributed by atoms with E-state index in [9.17, 15) is 19.3 Å². The number of hydrogen-bond acceptors (Lipinski definition) is 6. The summed E-state index contributed by atoms with van der Waals surface area (Å²) in [5, 5.41) is 25.1. The lowest BCUT2D eigenvalue weighted by Crippen LogP contribution is -2.15. The van der Waals surface area contributed by atoms with Gasteiger partial charge >= 0.3 is 0 Å². The van der Waals surface area contributed by atoms with E-state index in [-0.39, 0.29) is 22.7 Å². The van der Waals surface area contributed by atoms with Gasteiger partial charge in [-0.25, -0.2) is 4.39 Å². The number of carbonyl (C=O) groups is 1. The molecule has 132 valence electrons. The van der Waals surface area contributed by atoms with Gasteiger partial charge < -0.3 is 15.4 Å². The van der Waals surface area contributed by atoms with E-state index in [4.69, 9.17) is 10.00 Å². The van der Waals surface area contributed by atoms with Gasteiger partial charge in [0.1, 0.15) is 23.2 Å². The number of ether oxygens (including phenoxy) is 1. The SMILES string of the molecule is COc1cc([N+](=O)[O-])ccc1NC(=O)/C(C#N)=C\Nc1ccc(F)cc1. The van der Waals surface area contributed by atoms with Gasteiger partial charge in [0.15, 0.2) is 0 Å². The molecule has 0 heterocycles. The van der Waals surface area contributed by atoms with E-state index in [0.717, 1.165) is 6.07 Å². The number of nitriles is 1. The second-order valence-corrected chi connectivity index (χ2v) is 4.92. The van der Waals surface area contributed by atoms with Gasteiger partial charge in [0.25, 0.3) is 11.6 Å². The zero-order valence-electron chi connectivity index (χ0n) is 13.5. The van der Waals surface area contributed by atoms with Crippen molar-refractivity contribution in [2.45, 2.75) is 0 Å². The largest absolute Gasteiger partial charge is 0.494 e. The molecule has 0 radical (unpaired) electrons. The molecule has 8 nitrogen and oxygen atoms in total. The first-order valence-electron chi connectivity index (χ1n) is 7.20. The van der Waals surface area contributed by atoms with Crippen molar-refractivity contribution in [3.05, 3.63) is 70.2 Å². The zero-order valence-corrected chi connectivity index (χ0v) is 13.5. The van der Waals surface area contributed by atoms with Gasteiger partial charge in [-0.3, -0.25) is 14.9 Å². The highest BCUT2D eigenvalue weighted by Crippen LogP contribution is 2.29. The fourth-order valence-corrected chi connectivity index (χ4v) is 1.94. The summed E-state index contributed by atoms with van der Waals surface area (Å²) >= 11 is 0. The molecule has 0 aliphatic rings. The molecule has 0 aliphatic carbocycles. The fourth-order valence-electron chi connectivity index (χ4n) is 1.94. The second kappa shape index (κ2) is 8.25. The van der Waals surface area contributed by atoms with E-state index >= 15 is 0 Å². The number of halogens is 1. The summed E-state index contributed by atoms with van der Waals surface area (Å²) in [6.07, 6.45) is 1.17. The molecular weight excluding hydrogens is 343 g/mol. The van der Waals surface area contributed by atoms with Gasteiger partial charge in [-0.15, -0.1) is 0 Å². The van der Waals surface area contributed by atoms with Crippen molar-refractivity contribution in [2.24, 2.45) is 0 Å². The Morgan fingerprint density at radius 2 is 2.00 bits per heavy atom. The molecule has 0 saturated carbocycles. The minimum absolute atomic E-state index is 0.0799. The Hall–Kier alpha value is -3.93. The molecule has 0 spiro atoms. The van der Waals surface area contributed by atoms with Crippen molar-refractivity contribution < 1.29 is 18.8 Å². The molecule has 0 aromatic heterocycles. The summed E-state index contributed by atoms with van der Waals surface area (Å²) in [5.41, 5.74) is 0.203. The fraction of sp³-hybridized carbons (Fsp3) is 0.0588. The van der Waals surface area contributed by atoms with Crippen LogP contribution in [0.1, 0.15) is 0 Å². The third-order valence-corrected chi connectivity index (χ3v) is 3.24. The number of non-ortho nitro benzene ring substituents is 1. The van der Waals surface area contributed by atoms with Crippen molar-refractivity contribution in [3.8, 4) is 11.8 Å². The predicted octanol–water partition coefficient (Wildman–Crippen LogP) is 3.20. The van der Waals surface area contributed by atoms with Gasteiger partial charge in [0.05, 0.1) is 23.8 Å². The number of anilines is 2. The van der Waals surface area contributed by atoms with Crippen molar-refractivity contribution >= 4 is 23.0 Å². The van der Waals surface area contributed by atoms with Crippen molar-refractivity contribution in [1.82, 2.24) is 0 Å². The Morgan fingerprint density at radius 3 is 2.58 bits per heavy atom. The highest BCUT2D eigenvalue weighted by Gasteiger charge is 2.15. The van der Waals surface area contributed by atoms with E-state index in [0.29, 0.717) is 5.69 Å². The number of nitro groups is 1. The Bertz CT molecular complexity index is 904. The first-order valence-corrected chi connectivity index (χ1v) is 7.20. The summed E-state index contributed by atoms with van der Waals surface area (Å²) in [6, 6.07) is 10.7. The number of nitrogens with zero attached hydrogens (tertiary/aromatic N) is 2. The summed E-state index contributed by atoms with van der Waals surface area (Å²) in [4.78, 5) is 22.4. The third-order valence-electron chi connectivity index (χ3n) is 3.24. The molecule has 0 atom stereocenters. The van der Waals surface area contributed by atoms with Gasteiger partial charge in [-0.05, 0) is 30.3 Å². The van der Waals surface area contributed by atoms with Gasteiger partial charge in [0.2, 0.25) is 0 Å². The minimum Gasteiger partial charge on any atom is -0.494 e. The maximum absolute atomic E-state index is 12.9. The van der Waals surface area contributed by atoms with Crippen LogP contribution >= 0.6 is 0 Å². The summed E-state index contributed by atoms with van der Waals surface area (Å²) in [6.45, 7) is 0. The molecule has 2 aromatic carbocycles. The molecule has 0 saturated heterocycles. The number of nitro benzene ring substituents is 1. The normalized spacial score (nSPS) is 10.6. The number of amides is 1. The Balaban J connectivity index is 2.16. The number of carbonyl (C=O) groups excluding carboxylic acids is 1. The van der Waals surface area contributed by atoms with Gasteiger partial charge in [-0.2, -0.15) is 5.26 Å². The first kappa shape index (κ1) is 18.4. The van der Waals surface area contributed by atoms with Crippen LogP contribution in [0.4, 0.5) is 21.5 Å². The zero-order chi connectivity index (χ0) is 19.1.